The maximum Gasteiger partial charge on any atom is 0.416 e. The van der Waals surface area contributed by atoms with E-state index in [1.165, 1.54) is 41.3 Å². The van der Waals surface area contributed by atoms with Gasteiger partial charge in [0.25, 0.3) is 5.91 Å². The van der Waals surface area contributed by atoms with E-state index in [9.17, 15) is 27.2 Å². The first-order chi connectivity index (χ1) is 13.5. The summed E-state index contributed by atoms with van der Waals surface area (Å²) in [4.78, 5) is 30.7. The molecule has 9 heteroatoms. The molecule has 5 nitrogen and oxygen atoms in total. The van der Waals surface area contributed by atoms with E-state index >= 15 is 0 Å². The standard InChI is InChI=1S/C20H17F4N3O2/c1-19(2)26-17(12-6-8-14(21)9-7-12)18(29)27(19)11-16(28)25-15-5-3-4-13(10-15)20(22,23)24/h3-10H,11H2,1-2H3,(H,25,28). The number of halogens is 4. The number of anilines is 1. The molecule has 0 fully saturated rings. The Hall–Kier alpha value is -3.23. The fourth-order valence-corrected chi connectivity index (χ4v) is 2.94. The zero-order valence-corrected chi connectivity index (χ0v) is 15.5. The van der Waals surface area contributed by atoms with Crippen LogP contribution < -0.4 is 5.32 Å². The largest absolute Gasteiger partial charge is 0.416 e. The average molecular weight is 407 g/mol. The van der Waals surface area contributed by atoms with Gasteiger partial charge in [0, 0.05) is 11.3 Å². The smallest absolute Gasteiger partial charge is 0.325 e. The van der Waals surface area contributed by atoms with Crippen molar-refractivity contribution in [3.8, 4) is 0 Å². The first-order valence-electron chi connectivity index (χ1n) is 8.62. The summed E-state index contributed by atoms with van der Waals surface area (Å²) >= 11 is 0. The number of rotatable bonds is 4. The Morgan fingerprint density at radius 3 is 2.41 bits per heavy atom. The second-order valence-corrected chi connectivity index (χ2v) is 6.98. The van der Waals surface area contributed by atoms with Crippen LogP contribution in [0, 0.1) is 5.82 Å². The Morgan fingerprint density at radius 1 is 1.14 bits per heavy atom. The highest BCUT2D eigenvalue weighted by Crippen LogP contribution is 2.31. The Labute approximate surface area is 164 Å². The normalized spacial score (nSPS) is 16.0. The number of amides is 2. The van der Waals surface area contributed by atoms with E-state index in [1.807, 2.05) is 0 Å². The van der Waals surface area contributed by atoms with Gasteiger partial charge in [-0.1, -0.05) is 6.07 Å². The zero-order valence-electron chi connectivity index (χ0n) is 15.5. The van der Waals surface area contributed by atoms with E-state index in [4.69, 9.17) is 0 Å². The number of nitrogens with one attached hydrogen (secondary N) is 1. The van der Waals surface area contributed by atoms with Crippen molar-refractivity contribution in [2.24, 2.45) is 4.99 Å². The third-order valence-electron chi connectivity index (χ3n) is 4.39. The summed E-state index contributed by atoms with van der Waals surface area (Å²) in [6, 6.07) is 9.43. The highest BCUT2D eigenvalue weighted by molar-refractivity contribution is 6.47. The second kappa shape index (κ2) is 7.31. The molecule has 1 N–H and O–H groups in total. The van der Waals surface area contributed by atoms with Crippen molar-refractivity contribution in [3.63, 3.8) is 0 Å². The number of carbonyl (C=O) groups is 2. The van der Waals surface area contributed by atoms with Crippen molar-refractivity contribution in [3.05, 3.63) is 65.5 Å². The van der Waals surface area contributed by atoms with E-state index in [0.29, 0.717) is 5.56 Å². The van der Waals surface area contributed by atoms with E-state index in [1.54, 1.807) is 13.8 Å². The van der Waals surface area contributed by atoms with Gasteiger partial charge in [0.15, 0.2) is 0 Å². The van der Waals surface area contributed by atoms with Gasteiger partial charge in [-0.25, -0.2) is 4.39 Å². The number of hydrogen-bond acceptors (Lipinski definition) is 3. The number of aliphatic imine (C=N–C) groups is 1. The third kappa shape index (κ3) is 4.44. The van der Waals surface area contributed by atoms with Gasteiger partial charge >= 0.3 is 6.18 Å². The fraction of sp³-hybridized carbons (Fsp3) is 0.250. The van der Waals surface area contributed by atoms with Crippen molar-refractivity contribution in [1.29, 1.82) is 0 Å². The van der Waals surface area contributed by atoms with Crippen LogP contribution in [-0.2, 0) is 15.8 Å². The number of hydrogen-bond donors (Lipinski definition) is 1. The fourth-order valence-electron chi connectivity index (χ4n) is 2.94. The van der Waals surface area contributed by atoms with Crippen LogP contribution in [0.4, 0.5) is 23.2 Å². The average Bonchev–Trinajstić information content (AvgIpc) is 2.85. The Balaban J connectivity index is 1.74. The minimum Gasteiger partial charge on any atom is -0.325 e. The molecule has 2 amide bonds. The van der Waals surface area contributed by atoms with Gasteiger partial charge in [0.2, 0.25) is 5.91 Å². The molecule has 0 spiro atoms. The Morgan fingerprint density at radius 2 is 1.79 bits per heavy atom. The predicted molar refractivity (Wildman–Crippen MR) is 98.8 cm³/mol. The van der Waals surface area contributed by atoms with Gasteiger partial charge < -0.3 is 10.2 Å². The third-order valence-corrected chi connectivity index (χ3v) is 4.39. The number of benzene rings is 2. The Bertz CT molecular complexity index is 982. The molecular weight excluding hydrogens is 390 g/mol. The van der Waals surface area contributed by atoms with E-state index < -0.39 is 41.6 Å². The van der Waals surface area contributed by atoms with E-state index in [0.717, 1.165) is 12.1 Å². The number of alkyl halides is 3. The van der Waals surface area contributed by atoms with Gasteiger partial charge in [-0.2, -0.15) is 13.2 Å². The lowest BCUT2D eigenvalue weighted by atomic mass is 10.1. The molecule has 1 aliphatic rings. The van der Waals surface area contributed by atoms with Gasteiger partial charge in [-0.3, -0.25) is 14.6 Å². The summed E-state index contributed by atoms with van der Waals surface area (Å²) in [6.45, 7) is 2.84. The predicted octanol–water partition coefficient (Wildman–Crippen LogP) is 3.85. The molecule has 3 rings (SSSR count). The molecule has 0 aliphatic carbocycles. The quantitative estimate of drug-likeness (QED) is 0.783. The molecule has 152 valence electrons. The molecule has 0 bridgehead atoms. The summed E-state index contributed by atoms with van der Waals surface area (Å²) in [7, 11) is 0. The van der Waals surface area contributed by atoms with E-state index in [-0.39, 0.29) is 11.4 Å². The van der Waals surface area contributed by atoms with Crippen molar-refractivity contribution < 1.29 is 27.2 Å². The van der Waals surface area contributed by atoms with Crippen LogP contribution in [0.5, 0.6) is 0 Å². The minimum absolute atomic E-state index is 0.0334. The molecular formula is C20H17F4N3O2. The van der Waals surface area contributed by atoms with Crippen molar-refractivity contribution in [2.75, 3.05) is 11.9 Å². The van der Waals surface area contributed by atoms with Crippen molar-refractivity contribution >= 4 is 23.2 Å². The highest BCUT2D eigenvalue weighted by atomic mass is 19.4. The van der Waals surface area contributed by atoms with Crippen LogP contribution in [0.1, 0.15) is 25.0 Å². The summed E-state index contributed by atoms with van der Waals surface area (Å²) in [5.41, 5.74) is -1.48. The maximum absolute atomic E-state index is 13.1. The summed E-state index contributed by atoms with van der Waals surface area (Å²) in [5.74, 6) is -1.65. The first-order valence-corrected chi connectivity index (χ1v) is 8.62. The SMILES string of the molecule is CC1(C)N=C(c2ccc(F)cc2)C(=O)N1CC(=O)Nc1cccc(C(F)(F)F)c1. The monoisotopic (exact) mass is 407 g/mol. The molecule has 1 heterocycles. The maximum atomic E-state index is 13.1. The number of carbonyl (C=O) groups excluding carboxylic acids is 2. The van der Waals surface area contributed by atoms with Crippen LogP contribution >= 0.6 is 0 Å². The first kappa shape index (κ1) is 20.5. The molecule has 2 aromatic carbocycles. The lowest BCUT2D eigenvalue weighted by Crippen LogP contribution is -2.46. The molecule has 0 aromatic heterocycles. The topological polar surface area (TPSA) is 61.8 Å². The van der Waals surface area contributed by atoms with Crippen LogP contribution in [0.3, 0.4) is 0 Å². The highest BCUT2D eigenvalue weighted by Gasteiger charge is 2.41. The van der Waals surface area contributed by atoms with Crippen LogP contribution in [0.15, 0.2) is 53.5 Å². The summed E-state index contributed by atoms with van der Waals surface area (Å²) in [6.07, 6.45) is -4.54. The Kier molecular flexibility index (Phi) is 5.16. The molecule has 0 saturated heterocycles. The van der Waals surface area contributed by atoms with Gasteiger partial charge in [-0.15, -0.1) is 0 Å². The van der Waals surface area contributed by atoms with Gasteiger partial charge in [-0.05, 0) is 56.3 Å². The second-order valence-electron chi connectivity index (χ2n) is 6.98. The van der Waals surface area contributed by atoms with E-state index in [2.05, 4.69) is 10.3 Å². The van der Waals surface area contributed by atoms with Gasteiger partial charge in [0.05, 0.1) is 5.56 Å². The van der Waals surface area contributed by atoms with Crippen molar-refractivity contribution in [1.82, 2.24) is 4.90 Å². The van der Waals surface area contributed by atoms with Crippen LogP contribution in [0.2, 0.25) is 0 Å². The molecule has 2 aromatic rings. The molecule has 0 atom stereocenters. The van der Waals surface area contributed by atoms with Crippen LogP contribution in [-0.4, -0.2) is 34.6 Å². The summed E-state index contributed by atoms with van der Waals surface area (Å²) < 4.78 is 51.6. The molecule has 1 aliphatic heterocycles. The van der Waals surface area contributed by atoms with Crippen LogP contribution in [0.25, 0.3) is 0 Å². The van der Waals surface area contributed by atoms with Crippen molar-refractivity contribution in [2.45, 2.75) is 25.7 Å². The molecule has 0 radical (unpaired) electrons. The number of nitrogens with zero attached hydrogens (tertiary/aromatic N) is 2. The molecule has 29 heavy (non-hydrogen) atoms. The lowest BCUT2D eigenvalue weighted by Gasteiger charge is -2.28. The zero-order chi connectivity index (χ0) is 21.4. The summed E-state index contributed by atoms with van der Waals surface area (Å²) in [5, 5.41) is 2.37. The molecule has 0 saturated carbocycles. The lowest BCUT2D eigenvalue weighted by molar-refractivity contribution is -0.137. The minimum atomic E-state index is -4.54. The molecule has 0 unspecified atom stereocenters. The van der Waals surface area contributed by atoms with Gasteiger partial charge in [0.1, 0.15) is 23.7 Å².